The molecule has 0 heterocycles. The number of nitrogens with two attached hydrogens (primary N) is 1. The first kappa shape index (κ1) is 15.1. The molecule has 2 aromatic carbocycles. The van der Waals surface area contributed by atoms with Crippen LogP contribution >= 0.6 is 0 Å². The Labute approximate surface area is 122 Å². The smallest absolute Gasteiger partial charge is 0.279 e. The highest BCUT2D eigenvalue weighted by molar-refractivity contribution is 5.91. The normalized spacial score (nSPS) is 12.0. The van der Waals surface area contributed by atoms with Gasteiger partial charge < -0.3 is 10.6 Å². The first-order valence-corrected chi connectivity index (χ1v) is 6.69. The maximum atomic E-state index is 13.4. The first-order valence-electron chi connectivity index (χ1n) is 6.69. The maximum Gasteiger partial charge on any atom is 0.279 e. The minimum Gasteiger partial charge on any atom is -0.333 e. The molecule has 0 aliphatic carbocycles. The van der Waals surface area contributed by atoms with E-state index in [1.807, 2.05) is 42.6 Å². The van der Waals surface area contributed by atoms with Crippen molar-refractivity contribution in [3.63, 3.8) is 0 Å². The van der Waals surface area contributed by atoms with Gasteiger partial charge in [-0.3, -0.25) is 4.79 Å². The number of hydrogen-bond acceptors (Lipinski definition) is 1. The summed E-state index contributed by atoms with van der Waals surface area (Å²) in [6.45, 7) is 2.11. The second-order valence-corrected chi connectivity index (χ2v) is 4.81. The Kier molecular flexibility index (Phi) is 5.00. The Balaban J connectivity index is 1.89. The molecule has 5 heteroatoms. The maximum absolute atomic E-state index is 13.4. The van der Waals surface area contributed by atoms with E-state index in [2.05, 4.69) is 5.32 Å². The van der Waals surface area contributed by atoms with Gasteiger partial charge in [0.05, 0.1) is 5.69 Å². The summed E-state index contributed by atoms with van der Waals surface area (Å²) >= 11 is 0. The number of carbonyl (C=O) groups is 1. The van der Waals surface area contributed by atoms with Crippen molar-refractivity contribution in [3.8, 4) is 0 Å². The number of nitrogens with one attached hydrogen (secondary N) is 1. The highest BCUT2D eigenvalue weighted by Gasteiger charge is 2.13. The second kappa shape index (κ2) is 6.95. The van der Waals surface area contributed by atoms with Gasteiger partial charge >= 0.3 is 0 Å². The van der Waals surface area contributed by atoms with Crippen LogP contribution in [0.2, 0.25) is 0 Å². The molecule has 0 fully saturated rings. The van der Waals surface area contributed by atoms with Crippen molar-refractivity contribution in [1.29, 1.82) is 0 Å². The van der Waals surface area contributed by atoms with Crippen molar-refractivity contribution >= 4 is 11.6 Å². The highest BCUT2D eigenvalue weighted by atomic mass is 19.1. The van der Waals surface area contributed by atoms with E-state index in [1.165, 1.54) is 0 Å². The molecule has 0 unspecified atom stereocenters. The number of hydrogen-bond donors (Lipinski definition) is 2. The van der Waals surface area contributed by atoms with E-state index in [-0.39, 0.29) is 24.2 Å². The van der Waals surface area contributed by atoms with E-state index in [4.69, 9.17) is 0 Å². The molecular weight excluding hydrogens is 274 g/mol. The summed E-state index contributed by atoms with van der Waals surface area (Å²) in [7, 11) is 0. The number of rotatable bonds is 5. The van der Waals surface area contributed by atoms with Crippen LogP contribution in [-0.4, -0.2) is 12.5 Å². The van der Waals surface area contributed by atoms with Gasteiger partial charge in [0.2, 0.25) is 0 Å². The van der Waals surface area contributed by atoms with Crippen LogP contribution in [0.25, 0.3) is 0 Å². The van der Waals surface area contributed by atoms with E-state index in [9.17, 15) is 13.6 Å². The van der Waals surface area contributed by atoms with Gasteiger partial charge in [-0.05, 0) is 19.1 Å². The minimum absolute atomic E-state index is 0.106. The van der Waals surface area contributed by atoms with Crippen LogP contribution in [0.15, 0.2) is 48.5 Å². The quantitative estimate of drug-likeness (QED) is 0.872. The van der Waals surface area contributed by atoms with Crippen LogP contribution in [0.1, 0.15) is 18.5 Å². The summed E-state index contributed by atoms with van der Waals surface area (Å²) in [6, 6.07) is 12.8. The Morgan fingerprint density at radius 1 is 1.19 bits per heavy atom. The molecule has 110 valence electrons. The topological polar surface area (TPSA) is 45.7 Å². The summed E-state index contributed by atoms with van der Waals surface area (Å²) in [5, 5.41) is 4.21. The predicted octanol–water partition coefficient (Wildman–Crippen LogP) is 2.23. The van der Waals surface area contributed by atoms with Crippen molar-refractivity contribution in [2.75, 3.05) is 11.9 Å². The van der Waals surface area contributed by atoms with E-state index in [0.717, 1.165) is 23.8 Å². The van der Waals surface area contributed by atoms with E-state index >= 15 is 0 Å². The fourth-order valence-corrected chi connectivity index (χ4v) is 1.97. The number of anilines is 1. The third-order valence-electron chi connectivity index (χ3n) is 3.18. The lowest BCUT2D eigenvalue weighted by molar-refractivity contribution is -0.682. The zero-order valence-electron chi connectivity index (χ0n) is 11.6. The number of carbonyl (C=O) groups excluding carboxylic acids is 1. The van der Waals surface area contributed by atoms with E-state index < -0.39 is 11.6 Å². The Morgan fingerprint density at radius 3 is 2.62 bits per heavy atom. The van der Waals surface area contributed by atoms with Gasteiger partial charge in [0, 0.05) is 11.6 Å². The average molecular weight is 291 g/mol. The standard InChI is InChI=1S/C16H16F2N2O/c1-11(12-5-3-2-4-6-12)19-10-16(21)20-15-9-13(17)7-8-14(15)18/h2-9,11,19H,10H2,1H3,(H,20,21)/p+1/t11-/m0/s1. The summed E-state index contributed by atoms with van der Waals surface area (Å²) in [4.78, 5) is 11.8. The Bertz CT molecular complexity index is 617. The molecule has 2 aromatic rings. The Hall–Kier alpha value is -2.27. The molecule has 1 amide bonds. The molecule has 2 rings (SSSR count). The zero-order chi connectivity index (χ0) is 15.2. The number of amides is 1. The summed E-state index contributed by atoms with van der Waals surface area (Å²) in [6.07, 6.45) is 0. The third kappa shape index (κ3) is 4.36. The molecule has 0 aromatic heterocycles. The van der Waals surface area contributed by atoms with Crippen molar-refractivity contribution in [2.24, 2.45) is 0 Å². The van der Waals surface area contributed by atoms with E-state index in [1.54, 1.807) is 0 Å². The number of halogens is 2. The summed E-state index contributed by atoms with van der Waals surface area (Å²) in [5.74, 6) is -1.61. The average Bonchev–Trinajstić information content (AvgIpc) is 2.49. The lowest BCUT2D eigenvalue weighted by Crippen LogP contribution is -2.86. The van der Waals surface area contributed by atoms with Crippen LogP contribution in [0.3, 0.4) is 0 Å². The molecule has 0 saturated heterocycles. The molecule has 0 spiro atoms. The van der Waals surface area contributed by atoms with Crippen LogP contribution in [0, 0.1) is 11.6 Å². The molecule has 0 aliphatic rings. The van der Waals surface area contributed by atoms with Gasteiger partial charge in [0.25, 0.3) is 5.91 Å². The van der Waals surface area contributed by atoms with Crippen LogP contribution in [0.5, 0.6) is 0 Å². The fraction of sp³-hybridized carbons (Fsp3) is 0.188. The number of quaternary nitrogens is 1. The molecule has 0 saturated carbocycles. The summed E-state index contributed by atoms with van der Waals surface area (Å²) in [5.41, 5.74) is 0.961. The fourth-order valence-electron chi connectivity index (χ4n) is 1.97. The van der Waals surface area contributed by atoms with Crippen molar-refractivity contribution in [3.05, 3.63) is 65.7 Å². The van der Waals surface area contributed by atoms with Crippen molar-refractivity contribution in [2.45, 2.75) is 13.0 Å². The largest absolute Gasteiger partial charge is 0.333 e. The molecule has 3 N–H and O–H groups in total. The lowest BCUT2D eigenvalue weighted by atomic mass is 10.1. The van der Waals surface area contributed by atoms with Gasteiger partial charge in [-0.25, -0.2) is 8.78 Å². The van der Waals surface area contributed by atoms with E-state index in [0.29, 0.717) is 0 Å². The molecule has 21 heavy (non-hydrogen) atoms. The lowest BCUT2D eigenvalue weighted by Gasteiger charge is -2.11. The molecule has 1 atom stereocenters. The molecule has 0 bridgehead atoms. The van der Waals surface area contributed by atoms with Gasteiger partial charge in [-0.1, -0.05) is 30.3 Å². The van der Waals surface area contributed by atoms with Crippen LogP contribution in [0.4, 0.5) is 14.5 Å². The monoisotopic (exact) mass is 291 g/mol. The molecule has 3 nitrogen and oxygen atoms in total. The predicted molar refractivity (Wildman–Crippen MR) is 76.6 cm³/mol. The SMILES string of the molecule is C[C@H]([NH2+]CC(=O)Nc1cc(F)ccc1F)c1ccccc1. The van der Waals surface area contributed by atoms with Crippen LogP contribution in [-0.2, 0) is 4.79 Å². The Morgan fingerprint density at radius 2 is 1.90 bits per heavy atom. The van der Waals surface area contributed by atoms with Crippen molar-refractivity contribution in [1.82, 2.24) is 0 Å². The minimum atomic E-state index is -0.652. The summed E-state index contributed by atoms with van der Waals surface area (Å²) < 4.78 is 26.4. The molecule has 0 aliphatic heterocycles. The molecular formula is C16H17F2N2O+. The first-order chi connectivity index (χ1) is 10.1. The van der Waals surface area contributed by atoms with Crippen molar-refractivity contribution < 1.29 is 18.9 Å². The molecule has 0 radical (unpaired) electrons. The highest BCUT2D eigenvalue weighted by Crippen LogP contribution is 2.14. The van der Waals surface area contributed by atoms with Gasteiger partial charge in [0.1, 0.15) is 17.7 Å². The van der Waals surface area contributed by atoms with Gasteiger partial charge in [0.15, 0.2) is 6.54 Å². The van der Waals surface area contributed by atoms with Gasteiger partial charge in [-0.2, -0.15) is 0 Å². The van der Waals surface area contributed by atoms with Gasteiger partial charge in [-0.15, -0.1) is 0 Å². The van der Waals surface area contributed by atoms with Crippen LogP contribution < -0.4 is 10.6 Å². The third-order valence-corrected chi connectivity index (χ3v) is 3.18. The zero-order valence-corrected chi connectivity index (χ0v) is 11.6. The second-order valence-electron chi connectivity index (χ2n) is 4.81. The number of benzene rings is 2.